The third-order valence-electron chi connectivity index (χ3n) is 11.4. The number of hydrogen-bond acceptors (Lipinski definition) is 2. The molecule has 0 fully saturated rings. The van der Waals surface area contributed by atoms with E-state index in [-0.39, 0.29) is 16.8 Å². The molecule has 58 heavy (non-hydrogen) atoms. The molecule has 8 aromatic carbocycles. The van der Waals surface area contributed by atoms with Gasteiger partial charge < -0.3 is 18.0 Å². The molecule has 0 atom stereocenters. The van der Waals surface area contributed by atoms with Gasteiger partial charge in [-0.3, -0.25) is 0 Å². The fourth-order valence-corrected chi connectivity index (χ4v) is 9.15. The first-order valence-corrected chi connectivity index (χ1v) is 18.6. The summed E-state index contributed by atoms with van der Waals surface area (Å²) in [6.45, 7) is 0. The minimum atomic E-state index is -4.93. The normalized spacial score (nSPS) is 12.6. The lowest BCUT2D eigenvalue weighted by atomic mass is 9.96. The van der Waals surface area contributed by atoms with Crippen LogP contribution in [0.2, 0.25) is 0 Å². The van der Waals surface area contributed by atoms with Crippen molar-refractivity contribution in [2.45, 2.75) is 6.18 Å². The average Bonchev–Trinajstić information content (AvgIpc) is 3.97. The standard InChI is InChI=1S/C49H25F5N2O2/c50-27-21-26(22-28(51)23-27)35-24-39(55-37-13-5-1-9-29(37)31-17-19-43-45(47(31)55)33-11-3-7-15-41(33)57-43)40(25-36(35)49(52,53)54)56-38-14-6-2-10-30(38)32-18-20-44-46(48(32)56)34-12-4-8-16-42(34)58-44/h1-25H. The number of benzene rings is 8. The van der Waals surface area contributed by atoms with E-state index in [0.29, 0.717) is 56.2 Å². The van der Waals surface area contributed by atoms with Crippen LogP contribution < -0.4 is 0 Å². The predicted molar refractivity (Wildman–Crippen MR) is 220 cm³/mol. The second-order valence-corrected chi connectivity index (χ2v) is 14.6. The number of aromatic nitrogens is 2. The molecule has 0 saturated heterocycles. The lowest BCUT2D eigenvalue weighted by molar-refractivity contribution is -0.137. The molecule has 0 spiro atoms. The van der Waals surface area contributed by atoms with Crippen LogP contribution in [0.25, 0.3) is 110 Å². The van der Waals surface area contributed by atoms with Gasteiger partial charge in [0, 0.05) is 38.4 Å². The van der Waals surface area contributed by atoms with Gasteiger partial charge in [-0.15, -0.1) is 0 Å². The molecule has 4 nitrogen and oxygen atoms in total. The molecule has 278 valence electrons. The van der Waals surface area contributed by atoms with Gasteiger partial charge in [0.25, 0.3) is 0 Å². The minimum Gasteiger partial charge on any atom is -0.456 e. The molecular formula is C49H25F5N2O2. The summed E-state index contributed by atoms with van der Waals surface area (Å²) < 4.78 is 93.6. The average molecular weight is 769 g/mol. The zero-order chi connectivity index (χ0) is 39.0. The summed E-state index contributed by atoms with van der Waals surface area (Å²) in [5, 5.41) is 6.51. The fourth-order valence-electron chi connectivity index (χ4n) is 9.15. The van der Waals surface area contributed by atoms with Gasteiger partial charge >= 0.3 is 6.18 Å². The van der Waals surface area contributed by atoms with E-state index in [2.05, 4.69) is 0 Å². The van der Waals surface area contributed by atoms with Crippen molar-refractivity contribution in [3.05, 3.63) is 169 Å². The highest BCUT2D eigenvalue weighted by Gasteiger charge is 2.37. The molecule has 0 N–H and O–H groups in total. The summed E-state index contributed by atoms with van der Waals surface area (Å²) >= 11 is 0. The van der Waals surface area contributed by atoms with Crippen LogP contribution in [0, 0.1) is 11.6 Å². The minimum absolute atomic E-state index is 0.199. The number of para-hydroxylation sites is 4. The number of hydrogen-bond donors (Lipinski definition) is 0. The van der Waals surface area contributed by atoms with Gasteiger partial charge in [-0.25, -0.2) is 8.78 Å². The Morgan fingerprint density at radius 1 is 0.414 bits per heavy atom. The molecule has 4 aromatic heterocycles. The smallest absolute Gasteiger partial charge is 0.417 e. The summed E-state index contributed by atoms with van der Waals surface area (Å²) in [6, 6.07) is 43.4. The first kappa shape index (κ1) is 32.8. The van der Waals surface area contributed by atoms with Crippen LogP contribution in [0.5, 0.6) is 0 Å². The van der Waals surface area contributed by atoms with Crippen molar-refractivity contribution in [3.63, 3.8) is 0 Å². The van der Waals surface area contributed by atoms with Gasteiger partial charge in [-0.05, 0) is 83.9 Å². The summed E-state index contributed by atoms with van der Waals surface area (Å²) in [5.74, 6) is -1.98. The summed E-state index contributed by atoms with van der Waals surface area (Å²) in [4.78, 5) is 0. The first-order valence-electron chi connectivity index (χ1n) is 18.6. The monoisotopic (exact) mass is 768 g/mol. The van der Waals surface area contributed by atoms with E-state index < -0.39 is 23.4 Å². The molecule has 4 heterocycles. The Bertz CT molecular complexity index is 3690. The van der Waals surface area contributed by atoms with Gasteiger partial charge in [0.1, 0.15) is 34.0 Å². The maximum atomic E-state index is 15.7. The summed E-state index contributed by atoms with van der Waals surface area (Å²) in [5.41, 5.74) is 4.08. The number of halogens is 5. The highest BCUT2D eigenvalue weighted by atomic mass is 19.4. The lowest BCUT2D eigenvalue weighted by Gasteiger charge is -2.22. The second kappa shape index (κ2) is 11.6. The Morgan fingerprint density at radius 2 is 0.862 bits per heavy atom. The maximum absolute atomic E-state index is 15.7. The van der Waals surface area contributed by atoms with E-state index in [1.165, 1.54) is 6.07 Å². The molecule has 12 aromatic rings. The zero-order valence-corrected chi connectivity index (χ0v) is 30.0. The molecule has 0 saturated carbocycles. The van der Waals surface area contributed by atoms with Crippen LogP contribution in [-0.4, -0.2) is 9.13 Å². The Kier molecular flexibility index (Phi) is 6.55. The number of nitrogens with zero attached hydrogens (tertiary/aromatic N) is 2. The highest BCUT2D eigenvalue weighted by molar-refractivity contribution is 6.26. The van der Waals surface area contributed by atoms with Gasteiger partial charge in [0.2, 0.25) is 0 Å². The van der Waals surface area contributed by atoms with Crippen molar-refractivity contribution >= 4 is 87.5 Å². The molecule has 0 aliphatic rings. The second-order valence-electron chi connectivity index (χ2n) is 14.6. The third kappa shape index (κ3) is 4.49. The van der Waals surface area contributed by atoms with Crippen LogP contribution in [-0.2, 0) is 6.18 Å². The molecule has 0 aliphatic heterocycles. The van der Waals surface area contributed by atoms with E-state index >= 15 is 13.2 Å². The van der Waals surface area contributed by atoms with Crippen LogP contribution in [0.4, 0.5) is 22.0 Å². The molecule has 0 unspecified atom stereocenters. The van der Waals surface area contributed by atoms with Crippen molar-refractivity contribution in [1.82, 2.24) is 9.13 Å². The van der Waals surface area contributed by atoms with Crippen LogP contribution in [0.3, 0.4) is 0 Å². The van der Waals surface area contributed by atoms with Crippen molar-refractivity contribution in [3.8, 4) is 22.5 Å². The van der Waals surface area contributed by atoms with Crippen molar-refractivity contribution in [1.29, 1.82) is 0 Å². The predicted octanol–water partition coefficient (Wildman–Crippen LogP) is 14.6. The number of furan rings is 2. The van der Waals surface area contributed by atoms with E-state index in [4.69, 9.17) is 8.83 Å². The van der Waals surface area contributed by atoms with Gasteiger partial charge in [0.05, 0.1) is 49.8 Å². The largest absolute Gasteiger partial charge is 0.456 e. The lowest BCUT2D eigenvalue weighted by Crippen LogP contribution is -2.12. The highest BCUT2D eigenvalue weighted by Crippen LogP contribution is 2.48. The molecule has 0 amide bonds. The maximum Gasteiger partial charge on any atom is 0.417 e. The SMILES string of the molecule is Fc1cc(F)cc(-c2cc(-n3c4ccccc4c4ccc5oc6ccccc6c5c43)c(-n3c4ccccc4c4ccc5oc6ccccc6c5c43)cc2C(F)(F)F)c1. The fraction of sp³-hybridized carbons (Fsp3) is 0.0204. The first-order chi connectivity index (χ1) is 28.2. The van der Waals surface area contributed by atoms with Gasteiger partial charge in [-0.2, -0.15) is 13.2 Å². The Balaban J connectivity index is 1.36. The van der Waals surface area contributed by atoms with E-state index in [0.717, 1.165) is 61.3 Å². The Hall–Kier alpha value is -7.39. The number of rotatable bonds is 3. The van der Waals surface area contributed by atoms with Crippen LogP contribution in [0.15, 0.2) is 160 Å². The molecule has 9 heteroatoms. The third-order valence-corrected chi connectivity index (χ3v) is 11.4. The summed E-state index contributed by atoms with van der Waals surface area (Å²) in [7, 11) is 0. The van der Waals surface area contributed by atoms with E-state index in [1.807, 2.05) is 130 Å². The topological polar surface area (TPSA) is 36.1 Å². The van der Waals surface area contributed by atoms with Crippen LogP contribution in [0.1, 0.15) is 5.56 Å². The number of fused-ring (bicyclic) bond motifs is 14. The van der Waals surface area contributed by atoms with E-state index in [9.17, 15) is 8.78 Å². The molecular weight excluding hydrogens is 744 g/mol. The van der Waals surface area contributed by atoms with Gasteiger partial charge in [0.15, 0.2) is 0 Å². The molecule has 0 radical (unpaired) electrons. The summed E-state index contributed by atoms with van der Waals surface area (Å²) in [6.07, 6.45) is -4.93. The Morgan fingerprint density at radius 3 is 1.36 bits per heavy atom. The molecule has 0 bridgehead atoms. The number of alkyl halides is 3. The molecule has 0 aliphatic carbocycles. The van der Waals surface area contributed by atoms with Crippen molar-refractivity contribution in [2.24, 2.45) is 0 Å². The van der Waals surface area contributed by atoms with Gasteiger partial charge in [-0.1, -0.05) is 72.8 Å². The van der Waals surface area contributed by atoms with E-state index in [1.54, 1.807) is 0 Å². The molecule has 12 rings (SSSR count). The van der Waals surface area contributed by atoms with Crippen molar-refractivity contribution < 1.29 is 30.8 Å². The Labute approximate surface area is 324 Å². The zero-order valence-electron chi connectivity index (χ0n) is 30.0. The van der Waals surface area contributed by atoms with Crippen molar-refractivity contribution in [2.75, 3.05) is 0 Å². The van der Waals surface area contributed by atoms with Crippen LogP contribution >= 0.6 is 0 Å². The quantitative estimate of drug-likeness (QED) is 0.168.